The van der Waals surface area contributed by atoms with Gasteiger partial charge in [0.05, 0.1) is 45.7 Å². The molecule has 1 N–H and O–H groups in total. The number of benzene rings is 5. The van der Waals surface area contributed by atoms with E-state index in [9.17, 15) is 5.11 Å². The number of methoxy groups -OCH3 is 1. The van der Waals surface area contributed by atoms with Crippen LogP contribution in [0.5, 0.6) is 5.75 Å². The average molecular weight is 753 g/mol. The molecular weight excluding hydrogens is 700 g/mol. The molecule has 0 aliphatic carbocycles. The molecule has 2 bridgehead atoms. The Kier molecular flexibility index (Phi) is 15.7. The normalized spacial score (nSPS) is 21.3. The molecule has 5 aromatic carbocycles. The van der Waals surface area contributed by atoms with Crippen LogP contribution in [0.15, 0.2) is 133 Å². The van der Waals surface area contributed by atoms with Gasteiger partial charge in [0.2, 0.25) is 5.79 Å². The zero-order chi connectivity index (χ0) is 38.2. The van der Waals surface area contributed by atoms with Gasteiger partial charge in [-0.3, -0.25) is 0 Å². The van der Waals surface area contributed by atoms with Crippen LogP contribution in [0, 0.1) is 0 Å². The monoisotopic (exact) mass is 752 g/mol. The minimum Gasteiger partial charge on any atom is -0.494 e. The van der Waals surface area contributed by atoms with Crippen molar-refractivity contribution in [3.63, 3.8) is 0 Å². The summed E-state index contributed by atoms with van der Waals surface area (Å²) in [7, 11) is 1.70. The molecule has 7 nitrogen and oxygen atoms in total. The van der Waals surface area contributed by atoms with Crippen molar-refractivity contribution in [3.8, 4) is 5.75 Å². The predicted molar refractivity (Wildman–Crippen MR) is 214 cm³/mol. The zero-order valence-electron chi connectivity index (χ0n) is 31.8. The van der Waals surface area contributed by atoms with E-state index >= 15 is 0 Å². The summed E-state index contributed by atoms with van der Waals surface area (Å²) < 4.78 is 37.1. The Morgan fingerprint density at radius 3 is 1.85 bits per heavy atom. The van der Waals surface area contributed by atoms with Crippen LogP contribution in [-0.2, 0) is 55.7 Å². The molecule has 286 valence electrons. The summed E-state index contributed by atoms with van der Waals surface area (Å²) in [6, 6.07) is 44.0. The van der Waals surface area contributed by atoms with E-state index in [1.165, 1.54) is 5.56 Å². The summed E-state index contributed by atoms with van der Waals surface area (Å²) >= 11 is 6.74. The third-order valence-corrected chi connectivity index (χ3v) is 9.67. The van der Waals surface area contributed by atoms with E-state index in [0.29, 0.717) is 44.3 Å². The highest BCUT2D eigenvalue weighted by atomic mass is 35.5. The molecule has 4 atom stereocenters. The summed E-state index contributed by atoms with van der Waals surface area (Å²) in [4.78, 5) is 0. The molecule has 5 aromatic rings. The molecule has 0 spiro atoms. The molecule has 1 unspecified atom stereocenters. The number of hydrogen-bond donors (Lipinski definition) is 1. The first-order valence-electron chi connectivity index (χ1n) is 18.8. The summed E-state index contributed by atoms with van der Waals surface area (Å²) in [5.74, 6) is -0.463. The van der Waals surface area contributed by atoms with E-state index in [1.807, 2.05) is 154 Å². The van der Waals surface area contributed by atoms with Crippen LogP contribution in [0.3, 0.4) is 0 Å². The SMILES string of the molecule is CC.CCOc1ccc(Cc2cc([C@@]34OC[C@@](CO)(CC(OCc5ccccc5)[C@H]3OCc3ccccc3)O4)ccc2Cl)cc1.COCc1ccccc1. The molecule has 7 rings (SSSR count). The van der Waals surface area contributed by atoms with E-state index in [-0.39, 0.29) is 13.2 Å². The van der Waals surface area contributed by atoms with Gasteiger partial charge in [-0.1, -0.05) is 135 Å². The molecule has 2 saturated heterocycles. The third kappa shape index (κ3) is 10.6. The Labute approximate surface area is 325 Å². The number of ether oxygens (including phenoxy) is 6. The number of rotatable bonds is 14. The summed E-state index contributed by atoms with van der Waals surface area (Å²) in [5.41, 5.74) is 5.20. The Morgan fingerprint density at radius 1 is 0.722 bits per heavy atom. The Morgan fingerprint density at radius 2 is 1.30 bits per heavy atom. The van der Waals surface area contributed by atoms with Crippen molar-refractivity contribution in [2.75, 3.05) is 26.9 Å². The van der Waals surface area contributed by atoms with Gasteiger partial charge in [-0.25, -0.2) is 0 Å². The Balaban J connectivity index is 0.000000443. The van der Waals surface area contributed by atoms with Crippen molar-refractivity contribution in [2.24, 2.45) is 0 Å². The first-order valence-corrected chi connectivity index (χ1v) is 19.1. The maximum Gasteiger partial charge on any atom is 0.225 e. The first-order chi connectivity index (χ1) is 26.5. The molecule has 54 heavy (non-hydrogen) atoms. The quantitative estimate of drug-likeness (QED) is 0.121. The number of aliphatic hydroxyl groups is 1. The number of hydrogen-bond acceptors (Lipinski definition) is 7. The van der Waals surface area contributed by atoms with Crippen molar-refractivity contribution < 1.29 is 33.5 Å². The van der Waals surface area contributed by atoms with Crippen molar-refractivity contribution in [1.82, 2.24) is 0 Å². The van der Waals surface area contributed by atoms with E-state index in [2.05, 4.69) is 0 Å². The first kappa shape index (κ1) is 41.1. The molecule has 0 radical (unpaired) electrons. The molecule has 2 heterocycles. The smallest absolute Gasteiger partial charge is 0.225 e. The molecule has 2 aliphatic heterocycles. The van der Waals surface area contributed by atoms with Gasteiger partial charge >= 0.3 is 0 Å². The maximum atomic E-state index is 10.5. The standard InChI is InChI=1S/C36H37ClO6.C8H10O.C2H6/c1-2-39-31-16-13-26(14-17-31)19-29-20-30(15-18-32(29)37)36-34(41-23-28-11-7-4-8-12-28)33(21-35(24-38,43-36)25-42-36)40-22-27-9-5-3-6-10-27;1-9-7-8-5-3-2-4-6-8;1-2/h3-18,20,33-34,38H,2,19,21-25H2,1H3;2-6H,7H2,1H3;1-2H3/t33?,34-,35+,36+;;/m1../s1. The zero-order valence-corrected chi connectivity index (χ0v) is 32.5. The van der Waals surface area contributed by atoms with Crippen LogP contribution in [0.2, 0.25) is 5.02 Å². The van der Waals surface area contributed by atoms with Crippen LogP contribution in [0.4, 0.5) is 0 Å². The fourth-order valence-corrected chi connectivity index (χ4v) is 6.87. The number of fused-ring (bicyclic) bond motifs is 2. The molecule has 2 aliphatic rings. The van der Waals surface area contributed by atoms with Gasteiger partial charge in [0.1, 0.15) is 17.5 Å². The average Bonchev–Trinajstić information content (AvgIpc) is 3.55. The third-order valence-electron chi connectivity index (χ3n) is 9.30. The van der Waals surface area contributed by atoms with E-state index in [1.54, 1.807) is 7.11 Å². The van der Waals surface area contributed by atoms with Gasteiger partial charge in [0.15, 0.2) is 0 Å². The van der Waals surface area contributed by atoms with Crippen molar-refractivity contribution in [2.45, 2.75) is 77.0 Å². The highest BCUT2D eigenvalue weighted by molar-refractivity contribution is 6.31. The summed E-state index contributed by atoms with van der Waals surface area (Å²) in [5, 5.41) is 11.2. The van der Waals surface area contributed by atoms with Crippen LogP contribution < -0.4 is 4.74 Å². The van der Waals surface area contributed by atoms with E-state index in [4.69, 9.17) is 40.0 Å². The second kappa shape index (κ2) is 20.6. The fourth-order valence-electron chi connectivity index (χ4n) is 6.69. The Bertz CT molecular complexity index is 1810. The lowest BCUT2D eigenvalue weighted by molar-refractivity contribution is -0.321. The van der Waals surface area contributed by atoms with Crippen LogP contribution in [-0.4, -0.2) is 49.8 Å². The van der Waals surface area contributed by atoms with Crippen molar-refractivity contribution in [1.29, 1.82) is 0 Å². The van der Waals surface area contributed by atoms with Crippen molar-refractivity contribution >= 4 is 11.6 Å². The second-order valence-electron chi connectivity index (χ2n) is 13.1. The molecule has 2 fully saturated rings. The lowest BCUT2D eigenvalue weighted by atomic mass is 9.85. The lowest BCUT2D eigenvalue weighted by Crippen LogP contribution is -2.58. The molecule has 0 aromatic heterocycles. The number of halogens is 1. The van der Waals surface area contributed by atoms with Crippen LogP contribution in [0.25, 0.3) is 0 Å². The topological polar surface area (TPSA) is 75.6 Å². The van der Waals surface area contributed by atoms with Gasteiger partial charge in [-0.05, 0) is 65.4 Å². The van der Waals surface area contributed by atoms with Crippen LogP contribution >= 0.6 is 11.6 Å². The van der Waals surface area contributed by atoms with Gasteiger partial charge in [-0.15, -0.1) is 0 Å². The van der Waals surface area contributed by atoms with Crippen molar-refractivity contribution in [3.05, 3.63) is 172 Å². The Hall–Kier alpha value is -4.05. The lowest BCUT2D eigenvalue weighted by Gasteiger charge is -2.46. The van der Waals surface area contributed by atoms with E-state index < -0.39 is 23.6 Å². The fraction of sp³-hybridized carbons (Fsp3) is 0.348. The highest BCUT2D eigenvalue weighted by Crippen LogP contribution is 2.52. The minimum absolute atomic E-state index is 0.196. The largest absolute Gasteiger partial charge is 0.494 e. The van der Waals surface area contributed by atoms with Gasteiger partial charge < -0.3 is 33.5 Å². The predicted octanol–water partition coefficient (Wildman–Crippen LogP) is 9.69. The van der Waals surface area contributed by atoms with Gasteiger partial charge in [-0.2, -0.15) is 0 Å². The summed E-state index contributed by atoms with van der Waals surface area (Å²) in [6.07, 6.45) is 0.0316. The highest BCUT2D eigenvalue weighted by Gasteiger charge is 2.64. The minimum atomic E-state index is -1.30. The van der Waals surface area contributed by atoms with Gasteiger partial charge in [0.25, 0.3) is 0 Å². The molecule has 8 heteroatoms. The molecule has 0 saturated carbocycles. The number of aliphatic hydroxyl groups excluding tert-OH is 1. The van der Waals surface area contributed by atoms with Crippen LogP contribution in [0.1, 0.15) is 60.6 Å². The van der Waals surface area contributed by atoms with Gasteiger partial charge in [0, 0.05) is 24.1 Å². The molecular formula is C46H53ClO7. The maximum absolute atomic E-state index is 10.5. The molecule has 0 amide bonds. The van der Waals surface area contributed by atoms with E-state index in [0.717, 1.165) is 33.6 Å². The second-order valence-corrected chi connectivity index (χ2v) is 13.5. The summed E-state index contributed by atoms with van der Waals surface area (Å²) in [6.45, 7) is 8.07.